The van der Waals surface area contributed by atoms with Gasteiger partial charge in [-0.15, -0.1) is 0 Å². The zero-order valence-corrected chi connectivity index (χ0v) is 14.4. The quantitative estimate of drug-likeness (QED) is 0.854. The molecular formula is C19H30N2O. The van der Waals surface area contributed by atoms with Crippen molar-refractivity contribution in [1.29, 1.82) is 0 Å². The first-order valence-electron chi connectivity index (χ1n) is 8.59. The lowest BCUT2D eigenvalue weighted by Gasteiger charge is -2.23. The van der Waals surface area contributed by atoms with Crippen LogP contribution in [0.25, 0.3) is 0 Å². The van der Waals surface area contributed by atoms with E-state index >= 15 is 0 Å². The lowest BCUT2D eigenvalue weighted by atomic mass is 9.91. The highest BCUT2D eigenvalue weighted by Gasteiger charge is 2.32. The van der Waals surface area contributed by atoms with E-state index in [2.05, 4.69) is 51.2 Å². The van der Waals surface area contributed by atoms with Crippen LogP contribution in [0.1, 0.15) is 69.9 Å². The number of hydrogen-bond donors (Lipinski definition) is 2. The fourth-order valence-corrected chi connectivity index (χ4v) is 3.58. The average Bonchev–Trinajstić information content (AvgIpc) is 2.95. The number of rotatable bonds is 5. The summed E-state index contributed by atoms with van der Waals surface area (Å²) in [5.41, 5.74) is 9.31. The van der Waals surface area contributed by atoms with Gasteiger partial charge in [-0.2, -0.15) is 0 Å². The minimum atomic E-state index is 0.0743. The Morgan fingerprint density at radius 2 is 1.77 bits per heavy atom. The molecule has 22 heavy (non-hydrogen) atoms. The maximum absolute atomic E-state index is 12.8. The van der Waals surface area contributed by atoms with Gasteiger partial charge in [0, 0.05) is 11.6 Å². The molecule has 1 aromatic carbocycles. The lowest BCUT2D eigenvalue weighted by Crippen LogP contribution is -2.30. The molecule has 3 N–H and O–H groups in total. The normalized spacial score (nSPS) is 21.6. The van der Waals surface area contributed by atoms with E-state index in [1.54, 1.807) is 0 Å². The Hall–Kier alpha value is -1.35. The van der Waals surface area contributed by atoms with E-state index in [4.69, 9.17) is 5.73 Å². The fraction of sp³-hybridized carbons (Fsp3) is 0.632. The van der Waals surface area contributed by atoms with Gasteiger partial charge in [-0.05, 0) is 48.3 Å². The third kappa shape index (κ3) is 3.52. The Bertz CT molecular complexity index is 496. The smallest absolute Gasteiger partial charge is 0.227 e. The Balaban J connectivity index is 2.29. The highest BCUT2D eigenvalue weighted by Crippen LogP contribution is 2.35. The first-order chi connectivity index (χ1) is 10.5. The van der Waals surface area contributed by atoms with Gasteiger partial charge in [0.1, 0.15) is 0 Å². The molecule has 1 fully saturated rings. The third-order valence-electron chi connectivity index (χ3n) is 4.92. The zero-order valence-electron chi connectivity index (χ0n) is 14.4. The van der Waals surface area contributed by atoms with Crippen LogP contribution in [0.15, 0.2) is 18.2 Å². The van der Waals surface area contributed by atoms with Gasteiger partial charge in [0.05, 0.1) is 0 Å². The number of nitrogens with two attached hydrogens (primary N) is 1. The Morgan fingerprint density at radius 1 is 1.18 bits per heavy atom. The number of hydrogen-bond acceptors (Lipinski definition) is 2. The summed E-state index contributed by atoms with van der Waals surface area (Å²) in [5.74, 6) is 1.35. The van der Waals surface area contributed by atoms with E-state index in [9.17, 15) is 4.79 Å². The number of amides is 1. The van der Waals surface area contributed by atoms with E-state index in [-0.39, 0.29) is 11.8 Å². The maximum atomic E-state index is 12.8. The Morgan fingerprint density at radius 3 is 2.27 bits per heavy atom. The van der Waals surface area contributed by atoms with Crippen molar-refractivity contribution in [3.63, 3.8) is 0 Å². The molecule has 3 heteroatoms. The van der Waals surface area contributed by atoms with Crippen molar-refractivity contribution in [3.05, 3.63) is 29.3 Å². The van der Waals surface area contributed by atoms with Crippen LogP contribution < -0.4 is 11.1 Å². The molecule has 122 valence electrons. The van der Waals surface area contributed by atoms with Crippen LogP contribution in [0.3, 0.4) is 0 Å². The summed E-state index contributed by atoms with van der Waals surface area (Å²) in [5, 5.41) is 3.25. The summed E-state index contributed by atoms with van der Waals surface area (Å²) in [6.45, 7) is 9.31. The van der Waals surface area contributed by atoms with E-state index in [1.165, 1.54) is 11.1 Å². The lowest BCUT2D eigenvalue weighted by molar-refractivity contribution is -0.120. The van der Waals surface area contributed by atoms with Crippen LogP contribution in [-0.4, -0.2) is 12.5 Å². The monoisotopic (exact) mass is 302 g/mol. The first-order valence-corrected chi connectivity index (χ1v) is 8.59. The molecule has 1 aromatic rings. The second-order valence-corrected chi connectivity index (χ2v) is 7.14. The van der Waals surface area contributed by atoms with Gasteiger partial charge >= 0.3 is 0 Å². The molecule has 3 nitrogen and oxygen atoms in total. The zero-order chi connectivity index (χ0) is 16.3. The van der Waals surface area contributed by atoms with Gasteiger partial charge in [0.25, 0.3) is 0 Å². The van der Waals surface area contributed by atoms with Crippen molar-refractivity contribution in [1.82, 2.24) is 0 Å². The molecular weight excluding hydrogens is 272 g/mol. The third-order valence-corrected chi connectivity index (χ3v) is 4.92. The summed E-state index contributed by atoms with van der Waals surface area (Å²) in [4.78, 5) is 12.8. The SMILES string of the molecule is CC(C)c1cccc(C(C)C)c1NC(=O)[C@@H]1CCC[C@@H]1CN. The van der Waals surface area contributed by atoms with Gasteiger partial charge in [-0.3, -0.25) is 4.79 Å². The predicted octanol–water partition coefficient (Wildman–Crippen LogP) is 4.25. The van der Waals surface area contributed by atoms with Crippen LogP contribution in [-0.2, 0) is 4.79 Å². The molecule has 0 saturated heterocycles. The molecule has 0 aromatic heterocycles. The van der Waals surface area contributed by atoms with Gasteiger partial charge in [0.15, 0.2) is 0 Å². The number of benzene rings is 1. The topological polar surface area (TPSA) is 55.1 Å². The highest BCUT2D eigenvalue weighted by molar-refractivity contribution is 5.94. The van der Waals surface area contributed by atoms with Crippen LogP contribution in [0.2, 0.25) is 0 Å². The summed E-state index contributed by atoms with van der Waals surface area (Å²) in [6.07, 6.45) is 3.16. The molecule has 2 rings (SSSR count). The minimum Gasteiger partial charge on any atom is -0.330 e. The number of para-hydroxylation sites is 1. The van der Waals surface area contributed by atoms with Crippen LogP contribution >= 0.6 is 0 Å². The van der Waals surface area contributed by atoms with Crippen LogP contribution in [0.5, 0.6) is 0 Å². The van der Waals surface area contributed by atoms with Crippen molar-refractivity contribution < 1.29 is 4.79 Å². The van der Waals surface area contributed by atoms with Gasteiger partial charge in [-0.1, -0.05) is 52.3 Å². The first kappa shape index (κ1) is 17.0. The van der Waals surface area contributed by atoms with E-state index < -0.39 is 0 Å². The van der Waals surface area contributed by atoms with Crippen molar-refractivity contribution in [2.24, 2.45) is 17.6 Å². The molecule has 0 heterocycles. The molecule has 1 aliphatic rings. The minimum absolute atomic E-state index is 0.0743. The second kappa shape index (κ2) is 7.28. The van der Waals surface area contributed by atoms with E-state index in [0.29, 0.717) is 24.3 Å². The summed E-state index contributed by atoms with van der Waals surface area (Å²) in [7, 11) is 0. The molecule has 0 aliphatic heterocycles. The van der Waals surface area contributed by atoms with Crippen molar-refractivity contribution in [2.75, 3.05) is 11.9 Å². The molecule has 1 amide bonds. The van der Waals surface area contributed by atoms with Crippen LogP contribution in [0, 0.1) is 11.8 Å². The number of carbonyl (C=O) groups excluding carboxylic acids is 1. The van der Waals surface area contributed by atoms with Crippen molar-refractivity contribution in [2.45, 2.75) is 58.8 Å². The number of nitrogens with one attached hydrogen (secondary N) is 1. The predicted molar refractivity (Wildman–Crippen MR) is 93.1 cm³/mol. The summed E-state index contributed by atoms with van der Waals surface area (Å²) in [6, 6.07) is 6.35. The molecule has 2 atom stereocenters. The standard InChI is InChI=1S/C19H30N2O/c1-12(2)15-8-6-9-16(13(3)4)18(15)21-19(22)17-10-5-7-14(17)11-20/h6,8-9,12-14,17H,5,7,10-11,20H2,1-4H3,(H,21,22)/t14-,17-/m1/s1. The van der Waals surface area contributed by atoms with Crippen LogP contribution in [0.4, 0.5) is 5.69 Å². The molecule has 1 saturated carbocycles. The van der Waals surface area contributed by atoms with Gasteiger partial charge < -0.3 is 11.1 Å². The Kier molecular flexibility index (Phi) is 5.63. The molecule has 0 radical (unpaired) electrons. The van der Waals surface area contributed by atoms with Gasteiger partial charge in [-0.25, -0.2) is 0 Å². The van der Waals surface area contributed by atoms with E-state index in [1.807, 2.05) is 0 Å². The summed E-state index contributed by atoms with van der Waals surface area (Å²) < 4.78 is 0. The van der Waals surface area contributed by atoms with Crippen molar-refractivity contribution in [3.8, 4) is 0 Å². The molecule has 0 bridgehead atoms. The largest absolute Gasteiger partial charge is 0.330 e. The van der Waals surface area contributed by atoms with Gasteiger partial charge in [0.2, 0.25) is 5.91 Å². The molecule has 0 spiro atoms. The number of carbonyl (C=O) groups is 1. The van der Waals surface area contributed by atoms with Crippen molar-refractivity contribution >= 4 is 11.6 Å². The Labute approximate surface area is 134 Å². The fourth-order valence-electron chi connectivity index (χ4n) is 3.58. The number of anilines is 1. The summed E-state index contributed by atoms with van der Waals surface area (Å²) >= 11 is 0. The van der Waals surface area contributed by atoms with E-state index in [0.717, 1.165) is 24.9 Å². The highest BCUT2D eigenvalue weighted by atomic mass is 16.1. The second-order valence-electron chi connectivity index (χ2n) is 7.14. The molecule has 1 aliphatic carbocycles. The maximum Gasteiger partial charge on any atom is 0.227 e. The molecule has 0 unspecified atom stereocenters. The average molecular weight is 302 g/mol.